The number of aryl methyl sites for hydroxylation is 1. The summed E-state index contributed by atoms with van der Waals surface area (Å²) in [4.78, 5) is 17.0. The van der Waals surface area contributed by atoms with Gasteiger partial charge in [0, 0.05) is 24.6 Å². The summed E-state index contributed by atoms with van der Waals surface area (Å²) in [5, 5.41) is 6.38. The first-order valence-corrected chi connectivity index (χ1v) is 8.64. The third kappa shape index (κ3) is 4.63. The van der Waals surface area contributed by atoms with E-state index in [4.69, 9.17) is 9.15 Å². The third-order valence-electron chi connectivity index (χ3n) is 4.77. The van der Waals surface area contributed by atoms with Crippen molar-refractivity contribution >= 4 is 18.3 Å². The monoisotopic (exact) mass is 379 g/mol. The summed E-state index contributed by atoms with van der Waals surface area (Å²) in [6, 6.07) is 9.59. The average molecular weight is 380 g/mol. The fraction of sp³-hybridized carbons (Fsp3) is 0.474. The summed E-state index contributed by atoms with van der Waals surface area (Å²) < 4.78 is 11.1. The van der Waals surface area contributed by atoms with Crippen molar-refractivity contribution in [1.29, 1.82) is 0 Å². The van der Waals surface area contributed by atoms with Gasteiger partial charge in [-0.25, -0.2) is 4.98 Å². The number of hydrogen-bond donors (Lipinski definition) is 2. The first-order chi connectivity index (χ1) is 12.1. The lowest BCUT2D eigenvalue weighted by Crippen LogP contribution is -2.47. The van der Waals surface area contributed by atoms with Crippen LogP contribution in [0.1, 0.15) is 29.1 Å². The van der Waals surface area contributed by atoms with Crippen LogP contribution < -0.4 is 10.6 Å². The molecule has 0 bridgehead atoms. The van der Waals surface area contributed by atoms with Crippen LogP contribution in [-0.4, -0.2) is 44.2 Å². The molecule has 1 aliphatic heterocycles. The second kappa shape index (κ2) is 9.16. The molecular weight excluding hydrogens is 354 g/mol. The normalized spacial score (nSPS) is 15.9. The Morgan fingerprint density at radius 1 is 1.31 bits per heavy atom. The van der Waals surface area contributed by atoms with Gasteiger partial charge < -0.3 is 19.8 Å². The molecule has 1 fully saturated rings. The molecule has 142 valence electrons. The van der Waals surface area contributed by atoms with Gasteiger partial charge in [-0.2, -0.15) is 0 Å². The van der Waals surface area contributed by atoms with Crippen molar-refractivity contribution in [2.75, 3.05) is 33.4 Å². The maximum Gasteiger partial charge on any atom is 0.273 e. The quantitative estimate of drug-likeness (QED) is 0.807. The van der Waals surface area contributed by atoms with Crippen molar-refractivity contribution in [2.24, 2.45) is 5.41 Å². The van der Waals surface area contributed by atoms with Crippen molar-refractivity contribution in [3.8, 4) is 11.5 Å². The minimum absolute atomic E-state index is 0. The summed E-state index contributed by atoms with van der Waals surface area (Å²) >= 11 is 0. The molecule has 6 nitrogen and oxygen atoms in total. The van der Waals surface area contributed by atoms with E-state index in [0.717, 1.165) is 31.5 Å². The number of oxazole rings is 1. The highest BCUT2D eigenvalue weighted by Gasteiger charge is 2.33. The Labute approximate surface area is 160 Å². The molecule has 1 aromatic heterocycles. The van der Waals surface area contributed by atoms with E-state index in [-0.39, 0.29) is 23.7 Å². The summed E-state index contributed by atoms with van der Waals surface area (Å²) in [5.74, 6) is 0.802. The van der Waals surface area contributed by atoms with E-state index in [9.17, 15) is 4.79 Å². The lowest BCUT2D eigenvalue weighted by Gasteiger charge is -2.37. The SMILES string of the molecule is COCC1(CNC(=O)c2nc(-c3ccccc3)oc2C)CCNCC1.Cl. The van der Waals surface area contributed by atoms with Crippen LogP contribution in [0.3, 0.4) is 0 Å². The Kier molecular flexibility index (Phi) is 7.20. The van der Waals surface area contributed by atoms with Gasteiger partial charge in [0.1, 0.15) is 5.76 Å². The van der Waals surface area contributed by atoms with Crippen molar-refractivity contribution in [3.63, 3.8) is 0 Å². The molecule has 7 heteroatoms. The van der Waals surface area contributed by atoms with E-state index < -0.39 is 0 Å². The first kappa shape index (κ1) is 20.4. The number of carbonyl (C=O) groups is 1. The van der Waals surface area contributed by atoms with Gasteiger partial charge in [-0.1, -0.05) is 18.2 Å². The van der Waals surface area contributed by atoms with E-state index in [0.29, 0.717) is 30.5 Å². The topological polar surface area (TPSA) is 76.4 Å². The van der Waals surface area contributed by atoms with E-state index >= 15 is 0 Å². The van der Waals surface area contributed by atoms with Crippen LogP contribution in [0.15, 0.2) is 34.7 Å². The molecule has 0 atom stereocenters. The summed E-state index contributed by atoms with van der Waals surface area (Å²) in [6.45, 7) is 4.88. The van der Waals surface area contributed by atoms with Crippen molar-refractivity contribution in [1.82, 2.24) is 15.6 Å². The van der Waals surface area contributed by atoms with Gasteiger partial charge in [-0.05, 0) is 45.0 Å². The molecule has 0 saturated carbocycles. The molecule has 1 aliphatic rings. The van der Waals surface area contributed by atoms with Gasteiger partial charge in [0.2, 0.25) is 5.89 Å². The van der Waals surface area contributed by atoms with E-state index in [2.05, 4.69) is 15.6 Å². The van der Waals surface area contributed by atoms with Crippen LogP contribution in [0.25, 0.3) is 11.5 Å². The molecule has 0 aliphatic carbocycles. The van der Waals surface area contributed by atoms with Gasteiger partial charge >= 0.3 is 0 Å². The summed E-state index contributed by atoms with van der Waals surface area (Å²) in [5.41, 5.74) is 1.19. The fourth-order valence-corrected chi connectivity index (χ4v) is 3.30. The van der Waals surface area contributed by atoms with Gasteiger partial charge in [0.05, 0.1) is 6.61 Å². The number of carbonyl (C=O) groups excluding carboxylic acids is 1. The maximum atomic E-state index is 12.6. The number of ether oxygens (including phenoxy) is 1. The van der Waals surface area contributed by atoms with Crippen molar-refractivity contribution in [2.45, 2.75) is 19.8 Å². The molecule has 1 aromatic carbocycles. The number of piperidine rings is 1. The fourth-order valence-electron chi connectivity index (χ4n) is 3.30. The summed E-state index contributed by atoms with van der Waals surface area (Å²) in [6.07, 6.45) is 1.96. The first-order valence-electron chi connectivity index (χ1n) is 8.64. The molecule has 0 unspecified atom stereocenters. The number of nitrogens with zero attached hydrogens (tertiary/aromatic N) is 1. The highest BCUT2D eigenvalue weighted by Crippen LogP contribution is 2.28. The van der Waals surface area contributed by atoms with Gasteiger partial charge in [-0.3, -0.25) is 4.79 Å². The van der Waals surface area contributed by atoms with E-state index in [1.54, 1.807) is 14.0 Å². The largest absolute Gasteiger partial charge is 0.441 e. The lowest BCUT2D eigenvalue weighted by molar-refractivity contribution is 0.0510. The molecule has 0 radical (unpaired) electrons. The van der Waals surface area contributed by atoms with Crippen LogP contribution in [-0.2, 0) is 4.74 Å². The molecule has 3 rings (SSSR count). The molecule has 2 heterocycles. The number of nitrogens with one attached hydrogen (secondary N) is 2. The van der Waals surface area contributed by atoms with Gasteiger partial charge in [0.25, 0.3) is 5.91 Å². The number of aromatic nitrogens is 1. The third-order valence-corrected chi connectivity index (χ3v) is 4.77. The van der Waals surface area contributed by atoms with Crippen LogP contribution in [0.5, 0.6) is 0 Å². The Balaban J connectivity index is 0.00000243. The Morgan fingerprint density at radius 3 is 2.65 bits per heavy atom. The lowest BCUT2D eigenvalue weighted by atomic mass is 9.79. The Hall–Kier alpha value is -1.89. The molecule has 0 spiro atoms. The highest BCUT2D eigenvalue weighted by atomic mass is 35.5. The standard InChI is InChI=1S/C19H25N3O3.ClH/c1-14-16(22-18(25-14)15-6-4-3-5-7-15)17(23)21-12-19(13-24-2)8-10-20-11-9-19;/h3-7,20H,8-13H2,1-2H3,(H,21,23);1H. The Bertz CT molecular complexity index is 707. The minimum atomic E-state index is -0.197. The number of rotatable bonds is 6. The number of amides is 1. The number of halogens is 1. The second-order valence-electron chi connectivity index (χ2n) is 6.66. The highest BCUT2D eigenvalue weighted by molar-refractivity contribution is 5.93. The maximum absolute atomic E-state index is 12.6. The average Bonchev–Trinajstić information content (AvgIpc) is 3.03. The molecule has 1 saturated heterocycles. The van der Waals surface area contributed by atoms with Crippen molar-refractivity contribution < 1.29 is 13.9 Å². The number of hydrogen-bond acceptors (Lipinski definition) is 5. The molecular formula is C19H26ClN3O3. The summed E-state index contributed by atoms with van der Waals surface area (Å²) in [7, 11) is 1.71. The predicted octanol–water partition coefficient (Wildman–Crippen LogP) is 2.82. The molecule has 2 aromatic rings. The Morgan fingerprint density at radius 2 is 2.00 bits per heavy atom. The predicted molar refractivity (Wildman–Crippen MR) is 103 cm³/mol. The molecule has 26 heavy (non-hydrogen) atoms. The van der Waals surface area contributed by atoms with Crippen LogP contribution in [0.2, 0.25) is 0 Å². The zero-order valence-electron chi connectivity index (χ0n) is 15.2. The zero-order chi connectivity index (χ0) is 17.7. The molecule has 1 amide bonds. The second-order valence-corrected chi connectivity index (χ2v) is 6.66. The van der Waals surface area contributed by atoms with Crippen LogP contribution in [0, 0.1) is 12.3 Å². The van der Waals surface area contributed by atoms with E-state index in [1.165, 1.54) is 0 Å². The zero-order valence-corrected chi connectivity index (χ0v) is 16.0. The van der Waals surface area contributed by atoms with Crippen LogP contribution >= 0.6 is 12.4 Å². The number of methoxy groups -OCH3 is 1. The smallest absolute Gasteiger partial charge is 0.273 e. The number of benzene rings is 1. The van der Waals surface area contributed by atoms with Gasteiger partial charge in [-0.15, -0.1) is 12.4 Å². The van der Waals surface area contributed by atoms with Crippen molar-refractivity contribution in [3.05, 3.63) is 41.8 Å². The van der Waals surface area contributed by atoms with E-state index in [1.807, 2.05) is 30.3 Å². The minimum Gasteiger partial charge on any atom is -0.441 e. The van der Waals surface area contributed by atoms with Gasteiger partial charge in [0.15, 0.2) is 5.69 Å². The van der Waals surface area contributed by atoms with Crippen LogP contribution in [0.4, 0.5) is 0 Å². The molecule has 2 N–H and O–H groups in total.